The van der Waals surface area contributed by atoms with Crippen LogP contribution in [0.2, 0.25) is 0 Å². The molecular formula is C11H18N2O. The third kappa shape index (κ3) is 1.99. The van der Waals surface area contributed by atoms with Crippen molar-refractivity contribution in [2.45, 2.75) is 38.9 Å². The molecular weight excluding hydrogens is 176 g/mol. The molecule has 0 saturated carbocycles. The van der Waals surface area contributed by atoms with Gasteiger partial charge in [0, 0.05) is 18.2 Å². The minimum absolute atomic E-state index is 0.569. The normalized spacial score (nSPS) is 23.1. The molecule has 1 fully saturated rings. The summed E-state index contributed by atoms with van der Waals surface area (Å²) in [6, 6.07) is 2.76. The van der Waals surface area contributed by atoms with Crippen LogP contribution in [0.15, 0.2) is 16.7 Å². The first-order valence-electron chi connectivity index (χ1n) is 5.30. The van der Waals surface area contributed by atoms with Crippen molar-refractivity contribution in [1.82, 2.24) is 4.90 Å². The van der Waals surface area contributed by atoms with Crippen LogP contribution >= 0.6 is 0 Å². The molecule has 1 aliphatic heterocycles. The third-order valence-corrected chi connectivity index (χ3v) is 2.99. The topological polar surface area (TPSA) is 42.4 Å². The van der Waals surface area contributed by atoms with Gasteiger partial charge < -0.3 is 10.2 Å². The quantitative estimate of drug-likeness (QED) is 0.796. The minimum Gasteiger partial charge on any atom is -0.468 e. The van der Waals surface area contributed by atoms with Crippen molar-refractivity contribution in [1.29, 1.82) is 0 Å². The van der Waals surface area contributed by atoms with E-state index in [1.54, 1.807) is 6.26 Å². The van der Waals surface area contributed by atoms with Crippen molar-refractivity contribution in [2.75, 3.05) is 6.54 Å². The number of furan rings is 1. The fraction of sp³-hybridized carbons (Fsp3) is 0.636. The summed E-state index contributed by atoms with van der Waals surface area (Å²) in [6.07, 6.45) is 4.38. The highest BCUT2D eigenvalue weighted by molar-refractivity contribution is 5.12. The molecule has 2 heterocycles. The van der Waals surface area contributed by atoms with E-state index in [1.807, 2.05) is 0 Å². The van der Waals surface area contributed by atoms with Gasteiger partial charge in [-0.05, 0) is 32.4 Å². The molecule has 0 aliphatic carbocycles. The lowest BCUT2D eigenvalue weighted by molar-refractivity contribution is 0.238. The summed E-state index contributed by atoms with van der Waals surface area (Å²) < 4.78 is 5.44. The molecule has 2 N–H and O–H groups in total. The average molecular weight is 194 g/mol. The van der Waals surface area contributed by atoms with E-state index < -0.39 is 0 Å². The lowest BCUT2D eigenvalue weighted by atomic mass is 10.2. The lowest BCUT2D eigenvalue weighted by Crippen LogP contribution is -2.25. The zero-order chi connectivity index (χ0) is 9.97. The van der Waals surface area contributed by atoms with Gasteiger partial charge in [-0.3, -0.25) is 4.90 Å². The zero-order valence-corrected chi connectivity index (χ0v) is 8.70. The largest absolute Gasteiger partial charge is 0.468 e. The van der Waals surface area contributed by atoms with Crippen LogP contribution in [-0.2, 0) is 13.1 Å². The van der Waals surface area contributed by atoms with Gasteiger partial charge in [0.1, 0.15) is 5.76 Å². The Bertz CT molecular complexity index is 295. The first kappa shape index (κ1) is 9.74. The van der Waals surface area contributed by atoms with Crippen molar-refractivity contribution in [3.63, 3.8) is 0 Å². The Hall–Kier alpha value is -0.800. The highest BCUT2D eigenvalue weighted by Crippen LogP contribution is 2.20. The summed E-state index contributed by atoms with van der Waals surface area (Å²) in [5, 5.41) is 0. The van der Waals surface area contributed by atoms with E-state index in [1.165, 1.54) is 19.4 Å². The van der Waals surface area contributed by atoms with Gasteiger partial charge in [-0.1, -0.05) is 0 Å². The number of nitrogens with two attached hydrogens (primary N) is 1. The molecule has 0 bridgehead atoms. The van der Waals surface area contributed by atoms with E-state index in [-0.39, 0.29) is 0 Å². The third-order valence-electron chi connectivity index (χ3n) is 2.99. The summed E-state index contributed by atoms with van der Waals surface area (Å²) in [5.74, 6) is 1.04. The van der Waals surface area contributed by atoms with Gasteiger partial charge in [-0.25, -0.2) is 0 Å². The maximum atomic E-state index is 5.53. The van der Waals surface area contributed by atoms with Crippen molar-refractivity contribution < 1.29 is 4.42 Å². The molecule has 1 atom stereocenters. The van der Waals surface area contributed by atoms with Crippen molar-refractivity contribution in [2.24, 2.45) is 5.73 Å². The molecule has 78 valence electrons. The summed E-state index contributed by atoms with van der Waals surface area (Å²) in [7, 11) is 0. The highest BCUT2D eigenvalue weighted by Gasteiger charge is 2.20. The van der Waals surface area contributed by atoms with Crippen molar-refractivity contribution in [3.05, 3.63) is 23.7 Å². The second kappa shape index (κ2) is 4.15. The standard InChI is InChI=1S/C11H18N2O/c1-9-3-2-4-13(9)7-11-5-10(6-12)8-14-11/h5,8-9H,2-4,6-7,12H2,1H3. The summed E-state index contributed by atoms with van der Waals surface area (Å²) in [6.45, 7) is 4.97. The number of hydrogen-bond donors (Lipinski definition) is 1. The molecule has 0 aromatic carbocycles. The first-order chi connectivity index (χ1) is 6.79. The summed E-state index contributed by atoms with van der Waals surface area (Å²) in [4.78, 5) is 2.46. The molecule has 14 heavy (non-hydrogen) atoms. The van der Waals surface area contributed by atoms with Crippen LogP contribution < -0.4 is 5.73 Å². The highest BCUT2D eigenvalue weighted by atomic mass is 16.3. The van der Waals surface area contributed by atoms with Crippen molar-refractivity contribution in [3.8, 4) is 0 Å². The summed E-state index contributed by atoms with van der Waals surface area (Å²) >= 11 is 0. The molecule has 1 saturated heterocycles. The van der Waals surface area contributed by atoms with Crippen LogP contribution in [0.3, 0.4) is 0 Å². The fourth-order valence-electron chi connectivity index (χ4n) is 2.04. The van der Waals surface area contributed by atoms with E-state index in [4.69, 9.17) is 10.2 Å². The number of hydrogen-bond acceptors (Lipinski definition) is 3. The van der Waals surface area contributed by atoms with Gasteiger partial charge in [0.15, 0.2) is 0 Å². The Morgan fingerprint density at radius 1 is 1.64 bits per heavy atom. The molecule has 3 nitrogen and oxygen atoms in total. The van der Waals surface area contributed by atoms with Crippen LogP contribution in [0.25, 0.3) is 0 Å². The van der Waals surface area contributed by atoms with E-state index in [9.17, 15) is 0 Å². The van der Waals surface area contributed by atoms with Crippen LogP contribution in [-0.4, -0.2) is 17.5 Å². The Morgan fingerprint density at radius 2 is 2.50 bits per heavy atom. The van der Waals surface area contributed by atoms with Gasteiger partial charge in [0.05, 0.1) is 12.8 Å². The predicted molar refractivity (Wildman–Crippen MR) is 55.7 cm³/mol. The van der Waals surface area contributed by atoms with Crippen LogP contribution in [0.4, 0.5) is 0 Å². The Balaban J connectivity index is 1.96. The number of rotatable bonds is 3. The van der Waals surface area contributed by atoms with Crippen LogP contribution in [0, 0.1) is 0 Å². The number of nitrogens with zero attached hydrogens (tertiary/aromatic N) is 1. The van der Waals surface area contributed by atoms with Gasteiger partial charge in [0.2, 0.25) is 0 Å². The molecule has 1 aromatic heterocycles. The van der Waals surface area contributed by atoms with E-state index in [0.717, 1.165) is 17.9 Å². The summed E-state index contributed by atoms with van der Waals surface area (Å²) in [5.41, 5.74) is 6.61. The van der Waals surface area contributed by atoms with Crippen LogP contribution in [0.5, 0.6) is 0 Å². The maximum Gasteiger partial charge on any atom is 0.118 e. The number of likely N-dealkylation sites (tertiary alicyclic amines) is 1. The predicted octanol–water partition coefficient (Wildman–Crippen LogP) is 1.72. The first-order valence-corrected chi connectivity index (χ1v) is 5.30. The van der Waals surface area contributed by atoms with E-state index >= 15 is 0 Å². The van der Waals surface area contributed by atoms with E-state index in [2.05, 4.69) is 17.9 Å². The Kier molecular flexibility index (Phi) is 2.89. The van der Waals surface area contributed by atoms with Gasteiger partial charge in [-0.15, -0.1) is 0 Å². The smallest absolute Gasteiger partial charge is 0.118 e. The zero-order valence-electron chi connectivity index (χ0n) is 8.70. The van der Waals surface area contributed by atoms with Gasteiger partial charge in [-0.2, -0.15) is 0 Å². The minimum atomic E-state index is 0.569. The van der Waals surface area contributed by atoms with Crippen LogP contribution in [0.1, 0.15) is 31.1 Å². The van der Waals surface area contributed by atoms with Gasteiger partial charge >= 0.3 is 0 Å². The SMILES string of the molecule is CC1CCCN1Cc1cc(CN)co1. The molecule has 1 unspecified atom stereocenters. The Morgan fingerprint density at radius 3 is 3.07 bits per heavy atom. The molecule has 2 rings (SSSR count). The molecule has 1 aromatic rings. The molecule has 1 aliphatic rings. The monoisotopic (exact) mass is 194 g/mol. The lowest BCUT2D eigenvalue weighted by Gasteiger charge is -2.18. The molecule has 0 amide bonds. The second-order valence-corrected chi connectivity index (χ2v) is 4.09. The molecule has 3 heteroatoms. The van der Waals surface area contributed by atoms with E-state index in [0.29, 0.717) is 12.6 Å². The van der Waals surface area contributed by atoms with Crippen molar-refractivity contribution >= 4 is 0 Å². The molecule has 0 radical (unpaired) electrons. The molecule has 0 spiro atoms. The second-order valence-electron chi connectivity index (χ2n) is 4.09. The maximum absolute atomic E-state index is 5.53. The Labute approximate surface area is 84.9 Å². The van der Waals surface area contributed by atoms with Gasteiger partial charge in [0.25, 0.3) is 0 Å². The average Bonchev–Trinajstić information content (AvgIpc) is 2.77. The fourth-order valence-corrected chi connectivity index (χ4v) is 2.04.